The number of aromatic nitrogens is 1. The summed E-state index contributed by atoms with van der Waals surface area (Å²) in [5.41, 5.74) is 0.655. The topological polar surface area (TPSA) is 80.3 Å². The Morgan fingerprint density at radius 1 is 1.16 bits per heavy atom. The van der Waals surface area contributed by atoms with Crippen LogP contribution in [-0.2, 0) is 14.3 Å². The van der Waals surface area contributed by atoms with Gasteiger partial charge in [-0.1, -0.05) is 26.2 Å². The number of nitrogens with one attached hydrogen (secondary N) is 2. The van der Waals surface area contributed by atoms with Gasteiger partial charge in [0.2, 0.25) is 5.91 Å². The van der Waals surface area contributed by atoms with Crippen LogP contribution in [0.25, 0.3) is 0 Å². The van der Waals surface area contributed by atoms with Crippen molar-refractivity contribution in [3.05, 3.63) is 18.3 Å². The normalized spacial score (nSPS) is 23.6. The molecule has 2 aliphatic carbocycles. The number of carbonyl (C=O) groups excluding carboxylic acids is 2. The summed E-state index contributed by atoms with van der Waals surface area (Å²) in [6, 6.07) is 3.44. The van der Waals surface area contributed by atoms with E-state index in [4.69, 9.17) is 4.74 Å². The number of amides is 2. The third-order valence-corrected chi connectivity index (χ3v) is 5.11. The van der Waals surface area contributed by atoms with Crippen molar-refractivity contribution < 1.29 is 14.3 Å². The van der Waals surface area contributed by atoms with Gasteiger partial charge in [-0.3, -0.25) is 9.59 Å². The van der Waals surface area contributed by atoms with Crippen molar-refractivity contribution in [3.8, 4) is 0 Å². The molecule has 6 nitrogen and oxygen atoms in total. The number of ether oxygens (including phenoxy) is 1. The van der Waals surface area contributed by atoms with E-state index in [1.807, 2.05) is 0 Å². The second-order valence-corrected chi connectivity index (χ2v) is 7.30. The maximum absolute atomic E-state index is 12.0. The summed E-state index contributed by atoms with van der Waals surface area (Å²) in [6.07, 6.45) is 9.29. The lowest BCUT2D eigenvalue weighted by atomic mass is 9.85. The van der Waals surface area contributed by atoms with Crippen LogP contribution in [0.4, 0.5) is 11.5 Å². The number of hydrogen-bond donors (Lipinski definition) is 2. The molecule has 3 rings (SSSR count). The van der Waals surface area contributed by atoms with E-state index in [0.717, 1.165) is 32.1 Å². The Bertz CT molecular complexity index is 598. The van der Waals surface area contributed by atoms with Crippen molar-refractivity contribution in [2.75, 3.05) is 17.2 Å². The van der Waals surface area contributed by atoms with Crippen LogP contribution >= 0.6 is 0 Å². The van der Waals surface area contributed by atoms with Crippen LogP contribution in [0, 0.1) is 11.8 Å². The van der Waals surface area contributed by atoms with E-state index in [2.05, 4.69) is 22.5 Å². The standard InChI is InChI=1S/C19H27N3O3/c1-13-4-2-7-16(10-13)25-12-18(23)22-17-9-8-15(11-20-17)21-19(24)14-5-3-6-14/h8-9,11,13-14,16H,2-7,10,12H2,1H3,(H,21,24)(H,20,22,23). The first-order chi connectivity index (χ1) is 12.1. The van der Waals surface area contributed by atoms with Crippen LogP contribution in [0.1, 0.15) is 51.9 Å². The van der Waals surface area contributed by atoms with E-state index >= 15 is 0 Å². The number of carbonyl (C=O) groups is 2. The van der Waals surface area contributed by atoms with Crippen LogP contribution in [0.2, 0.25) is 0 Å². The molecule has 0 aromatic carbocycles. The Kier molecular flexibility index (Phi) is 6.02. The zero-order valence-electron chi connectivity index (χ0n) is 14.8. The molecule has 0 aliphatic heterocycles. The summed E-state index contributed by atoms with van der Waals surface area (Å²) in [6.45, 7) is 2.28. The fraction of sp³-hybridized carbons (Fsp3) is 0.632. The van der Waals surface area contributed by atoms with E-state index in [-0.39, 0.29) is 30.4 Å². The first-order valence-electron chi connectivity index (χ1n) is 9.28. The maximum Gasteiger partial charge on any atom is 0.251 e. The van der Waals surface area contributed by atoms with Crippen LogP contribution in [0.15, 0.2) is 18.3 Å². The Morgan fingerprint density at radius 2 is 1.96 bits per heavy atom. The van der Waals surface area contributed by atoms with E-state index in [1.54, 1.807) is 18.3 Å². The zero-order valence-corrected chi connectivity index (χ0v) is 14.8. The number of pyridine rings is 1. The van der Waals surface area contributed by atoms with Gasteiger partial charge in [-0.15, -0.1) is 0 Å². The summed E-state index contributed by atoms with van der Waals surface area (Å²) < 4.78 is 5.71. The Balaban J connectivity index is 1.41. The molecule has 2 N–H and O–H groups in total. The molecule has 1 aromatic rings. The highest BCUT2D eigenvalue weighted by atomic mass is 16.5. The van der Waals surface area contributed by atoms with Gasteiger partial charge in [-0.05, 0) is 43.7 Å². The van der Waals surface area contributed by atoms with Crippen molar-refractivity contribution in [1.29, 1.82) is 0 Å². The minimum absolute atomic E-state index is 0.0548. The minimum Gasteiger partial charge on any atom is -0.368 e. The summed E-state index contributed by atoms with van der Waals surface area (Å²) in [5, 5.41) is 5.59. The van der Waals surface area contributed by atoms with Crippen LogP contribution < -0.4 is 10.6 Å². The lowest BCUT2D eigenvalue weighted by Crippen LogP contribution is -2.28. The average molecular weight is 345 g/mol. The second-order valence-electron chi connectivity index (χ2n) is 7.30. The van der Waals surface area contributed by atoms with Gasteiger partial charge in [0.05, 0.1) is 18.0 Å². The average Bonchev–Trinajstić information content (AvgIpc) is 2.53. The van der Waals surface area contributed by atoms with E-state index in [1.165, 1.54) is 12.8 Å². The summed E-state index contributed by atoms with van der Waals surface area (Å²) in [4.78, 5) is 28.1. The molecule has 25 heavy (non-hydrogen) atoms. The molecule has 0 radical (unpaired) electrons. The summed E-state index contributed by atoms with van der Waals surface area (Å²) >= 11 is 0. The number of anilines is 2. The van der Waals surface area contributed by atoms with E-state index in [0.29, 0.717) is 17.4 Å². The van der Waals surface area contributed by atoms with Gasteiger partial charge in [0.15, 0.2) is 0 Å². The molecule has 2 aliphatic rings. The van der Waals surface area contributed by atoms with Gasteiger partial charge in [-0.25, -0.2) is 4.98 Å². The molecule has 6 heteroatoms. The number of hydrogen-bond acceptors (Lipinski definition) is 4. The number of nitrogens with zero attached hydrogens (tertiary/aromatic N) is 1. The highest BCUT2D eigenvalue weighted by molar-refractivity contribution is 5.93. The predicted molar refractivity (Wildman–Crippen MR) is 96.2 cm³/mol. The molecule has 1 heterocycles. The highest BCUT2D eigenvalue weighted by Gasteiger charge is 2.25. The van der Waals surface area contributed by atoms with Gasteiger partial charge in [0.25, 0.3) is 5.91 Å². The molecule has 0 spiro atoms. The Labute approximate surface area is 148 Å². The van der Waals surface area contributed by atoms with Crippen LogP contribution in [0.3, 0.4) is 0 Å². The monoisotopic (exact) mass is 345 g/mol. The lowest BCUT2D eigenvalue weighted by Gasteiger charge is -2.26. The highest BCUT2D eigenvalue weighted by Crippen LogP contribution is 2.27. The molecule has 2 amide bonds. The fourth-order valence-electron chi connectivity index (χ4n) is 3.36. The van der Waals surface area contributed by atoms with Crippen molar-refractivity contribution in [1.82, 2.24) is 4.98 Å². The minimum atomic E-state index is -0.197. The van der Waals surface area contributed by atoms with Crippen molar-refractivity contribution in [3.63, 3.8) is 0 Å². The molecule has 2 unspecified atom stereocenters. The maximum atomic E-state index is 12.0. The first kappa shape index (κ1) is 17.9. The third-order valence-electron chi connectivity index (χ3n) is 5.11. The summed E-state index contributed by atoms with van der Waals surface area (Å²) in [7, 11) is 0. The second kappa shape index (κ2) is 8.43. The quantitative estimate of drug-likeness (QED) is 0.828. The lowest BCUT2D eigenvalue weighted by molar-refractivity contribution is -0.123. The molecule has 2 saturated carbocycles. The molecule has 136 valence electrons. The molecule has 2 fully saturated rings. The summed E-state index contributed by atoms with van der Waals surface area (Å²) in [5.74, 6) is 1.13. The van der Waals surface area contributed by atoms with E-state index in [9.17, 15) is 9.59 Å². The molecule has 0 saturated heterocycles. The molecule has 1 aromatic heterocycles. The van der Waals surface area contributed by atoms with Gasteiger partial charge >= 0.3 is 0 Å². The predicted octanol–water partition coefficient (Wildman–Crippen LogP) is 3.35. The van der Waals surface area contributed by atoms with Gasteiger partial charge in [-0.2, -0.15) is 0 Å². The largest absolute Gasteiger partial charge is 0.368 e. The van der Waals surface area contributed by atoms with Crippen molar-refractivity contribution in [2.45, 2.75) is 58.0 Å². The van der Waals surface area contributed by atoms with Gasteiger partial charge in [0.1, 0.15) is 12.4 Å². The van der Waals surface area contributed by atoms with Crippen LogP contribution in [-0.4, -0.2) is 29.5 Å². The van der Waals surface area contributed by atoms with Crippen LogP contribution in [0.5, 0.6) is 0 Å². The smallest absolute Gasteiger partial charge is 0.251 e. The fourth-order valence-corrected chi connectivity index (χ4v) is 3.36. The molecular weight excluding hydrogens is 318 g/mol. The Hall–Kier alpha value is -1.95. The molecule has 2 atom stereocenters. The number of rotatable bonds is 6. The molecular formula is C19H27N3O3. The first-order valence-corrected chi connectivity index (χ1v) is 9.28. The third kappa shape index (κ3) is 5.26. The SMILES string of the molecule is CC1CCCC(OCC(=O)Nc2ccc(NC(=O)C3CCC3)cn2)C1. The van der Waals surface area contributed by atoms with Gasteiger partial charge in [0, 0.05) is 5.92 Å². The molecule has 0 bridgehead atoms. The van der Waals surface area contributed by atoms with Gasteiger partial charge < -0.3 is 15.4 Å². The Morgan fingerprint density at radius 3 is 2.60 bits per heavy atom. The van der Waals surface area contributed by atoms with Crippen molar-refractivity contribution in [2.24, 2.45) is 11.8 Å². The van der Waals surface area contributed by atoms with E-state index < -0.39 is 0 Å². The van der Waals surface area contributed by atoms with Crippen molar-refractivity contribution >= 4 is 23.3 Å². The zero-order chi connectivity index (χ0) is 17.6.